The highest BCUT2D eigenvalue weighted by Gasteiger charge is 2.29. The molecular weight excluding hydrogens is 330 g/mol. The van der Waals surface area contributed by atoms with Gasteiger partial charge in [-0.25, -0.2) is 0 Å². The molecule has 0 radical (unpaired) electrons. The van der Waals surface area contributed by atoms with E-state index in [1.807, 2.05) is 0 Å². The summed E-state index contributed by atoms with van der Waals surface area (Å²) in [6.45, 7) is 23.5. The van der Waals surface area contributed by atoms with E-state index in [9.17, 15) is 0 Å². The normalized spacial score (nSPS) is 26.6. The molecule has 0 aromatic rings. The predicted molar refractivity (Wildman–Crippen MR) is 119 cm³/mol. The molecule has 2 heterocycles. The minimum Gasteiger partial charge on any atom is -0.304 e. The van der Waals surface area contributed by atoms with Gasteiger partial charge in [0.15, 0.2) is 0 Å². The molecule has 0 aliphatic carbocycles. The Morgan fingerprint density at radius 3 is 2.15 bits per heavy atom. The molecule has 0 bridgehead atoms. The summed E-state index contributed by atoms with van der Waals surface area (Å²) in [4.78, 5) is 7.97. The van der Waals surface area contributed by atoms with Crippen LogP contribution in [0.5, 0.6) is 0 Å². The molecule has 2 aliphatic heterocycles. The largest absolute Gasteiger partial charge is 0.304 e. The third kappa shape index (κ3) is 8.83. The van der Waals surface area contributed by atoms with E-state index in [0.717, 1.165) is 12.0 Å². The van der Waals surface area contributed by atoms with Crippen LogP contribution >= 0.6 is 0 Å². The number of rotatable bonds is 6. The molecule has 2 rings (SSSR count). The first kappa shape index (κ1) is 23.2. The third-order valence-electron chi connectivity index (χ3n) is 6.75. The van der Waals surface area contributed by atoms with E-state index in [0.29, 0.717) is 10.8 Å². The number of likely N-dealkylation sites (N-methyl/N-ethyl adjacent to an activating group) is 1. The lowest BCUT2D eigenvalue weighted by Gasteiger charge is -2.40. The van der Waals surface area contributed by atoms with Crippen molar-refractivity contribution >= 4 is 0 Å². The first-order valence-electron chi connectivity index (χ1n) is 11.7. The van der Waals surface area contributed by atoms with Gasteiger partial charge in [0.25, 0.3) is 0 Å². The maximum Gasteiger partial charge on any atom is 0.0110 e. The zero-order valence-corrected chi connectivity index (χ0v) is 19.7. The van der Waals surface area contributed by atoms with Gasteiger partial charge in [-0.05, 0) is 69.5 Å². The molecule has 27 heavy (non-hydrogen) atoms. The molecule has 2 aliphatic rings. The van der Waals surface area contributed by atoms with Crippen LogP contribution in [0.4, 0.5) is 0 Å². The van der Waals surface area contributed by atoms with Crippen LogP contribution in [0.15, 0.2) is 0 Å². The minimum absolute atomic E-state index is 0.436. The Morgan fingerprint density at radius 1 is 0.852 bits per heavy atom. The van der Waals surface area contributed by atoms with Crippen molar-refractivity contribution in [3.8, 4) is 0 Å². The molecule has 2 saturated heterocycles. The molecular formula is C24H49N3. The fraction of sp³-hybridized carbons (Fsp3) is 1.00. The third-order valence-corrected chi connectivity index (χ3v) is 6.75. The topological polar surface area (TPSA) is 9.72 Å². The average molecular weight is 380 g/mol. The summed E-state index contributed by atoms with van der Waals surface area (Å²) in [7, 11) is 2.25. The van der Waals surface area contributed by atoms with Gasteiger partial charge in [0.1, 0.15) is 0 Å². The number of hydrogen-bond acceptors (Lipinski definition) is 3. The summed E-state index contributed by atoms with van der Waals surface area (Å²) >= 11 is 0. The van der Waals surface area contributed by atoms with Crippen molar-refractivity contribution in [1.29, 1.82) is 0 Å². The van der Waals surface area contributed by atoms with Gasteiger partial charge in [-0.15, -0.1) is 0 Å². The van der Waals surface area contributed by atoms with Crippen LogP contribution in [-0.4, -0.2) is 73.6 Å². The van der Waals surface area contributed by atoms with Crippen LogP contribution in [0, 0.1) is 16.7 Å². The number of likely N-dealkylation sites (tertiary alicyclic amines) is 1. The Bertz CT molecular complexity index is 418. The van der Waals surface area contributed by atoms with Gasteiger partial charge in [-0.3, -0.25) is 0 Å². The van der Waals surface area contributed by atoms with Crippen molar-refractivity contribution in [2.75, 3.05) is 52.9 Å². The van der Waals surface area contributed by atoms with E-state index < -0.39 is 0 Å². The second-order valence-corrected chi connectivity index (χ2v) is 11.7. The fourth-order valence-corrected chi connectivity index (χ4v) is 5.47. The maximum absolute atomic E-state index is 2.80. The Balaban J connectivity index is 1.83. The van der Waals surface area contributed by atoms with Crippen LogP contribution in [0.25, 0.3) is 0 Å². The van der Waals surface area contributed by atoms with Crippen LogP contribution < -0.4 is 0 Å². The smallest absolute Gasteiger partial charge is 0.0110 e. The molecule has 3 heteroatoms. The lowest BCUT2D eigenvalue weighted by molar-refractivity contribution is 0.0862. The lowest BCUT2D eigenvalue weighted by Crippen LogP contribution is -2.48. The van der Waals surface area contributed by atoms with Crippen molar-refractivity contribution in [3.05, 3.63) is 0 Å². The highest BCUT2D eigenvalue weighted by molar-refractivity contribution is 4.83. The van der Waals surface area contributed by atoms with E-state index in [-0.39, 0.29) is 0 Å². The van der Waals surface area contributed by atoms with Gasteiger partial charge in [-0.2, -0.15) is 0 Å². The van der Waals surface area contributed by atoms with E-state index in [1.165, 1.54) is 84.3 Å². The summed E-state index contributed by atoms with van der Waals surface area (Å²) in [6, 6.07) is 0.724. The van der Waals surface area contributed by atoms with Crippen molar-refractivity contribution in [3.63, 3.8) is 0 Å². The van der Waals surface area contributed by atoms with Crippen LogP contribution in [-0.2, 0) is 0 Å². The minimum atomic E-state index is 0.436. The molecule has 3 nitrogen and oxygen atoms in total. The summed E-state index contributed by atoms with van der Waals surface area (Å²) < 4.78 is 0. The van der Waals surface area contributed by atoms with Gasteiger partial charge >= 0.3 is 0 Å². The Labute approximate surface area is 170 Å². The SMILES string of the molecule is CC(CC(C)(C)C)N1CCCCC(CC(C)(C)CN2CCN(C)CC2)CC1. The molecule has 0 aromatic heterocycles. The maximum atomic E-state index is 2.80. The summed E-state index contributed by atoms with van der Waals surface area (Å²) in [5.74, 6) is 0.914. The number of piperazine rings is 1. The van der Waals surface area contributed by atoms with Crippen molar-refractivity contribution in [2.45, 2.75) is 86.1 Å². The highest BCUT2D eigenvalue weighted by Crippen LogP contribution is 2.33. The second kappa shape index (κ2) is 10.1. The van der Waals surface area contributed by atoms with Crippen molar-refractivity contribution in [1.82, 2.24) is 14.7 Å². The first-order chi connectivity index (χ1) is 12.5. The summed E-state index contributed by atoms with van der Waals surface area (Å²) in [5, 5.41) is 0. The molecule has 2 atom stereocenters. The first-order valence-corrected chi connectivity index (χ1v) is 11.7. The molecule has 0 spiro atoms. The van der Waals surface area contributed by atoms with Crippen molar-refractivity contribution in [2.24, 2.45) is 16.7 Å². The Hall–Kier alpha value is -0.120. The monoisotopic (exact) mass is 379 g/mol. The molecule has 0 amide bonds. The molecule has 2 unspecified atom stereocenters. The van der Waals surface area contributed by atoms with Gasteiger partial charge in [0, 0.05) is 38.8 Å². The average Bonchev–Trinajstić information content (AvgIpc) is 2.50. The van der Waals surface area contributed by atoms with E-state index in [4.69, 9.17) is 0 Å². The molecule has 0 saturated carbocycles. The summed E-state index contributed by atoms with van der Waals surface area (Å²) in [5.41, 5.74) is 0.882. The van der Waals surface area contributed by atoms with Crippen molar-refractivity contribution < 1.29 is 0 Å². The number of hydrogen-bond donors (Lipinski definition) is 0. The fourth-order valence-electron chi connectivity index (χ4n) is 5.47. The lowest BCUT2D eigenvalue weighted by atomic mass is 9.78. The predicted octanol–water partition coefficient (Wildman–Crippen LogP) is 4.97. The second-order valence-electron chi connectivity index (χ2n) is 11.7. The van der Waals surface area contributed by atoms with E-state index in [2.05, 4.69) is 63.3 Å². The zero-order valence-electron chi connectivity index (χ0n) is 19.7. The number of nitrogens with zero attached hydrogens (tertiary/aromatic N) is 3. The standard InChI is InChI=1S/C24H49N3/c1-21(18-23(2,3)4)27-12-9-8-10-22(11-13-27)19-24(5,6)20-26-16-14-25(7)15-17-26/h21-22H,8-20H2,1-7H3. The van der Waals surface area contributed by atoms with E-state index in [1.54, 1.807) is 0 Å². The van der Waals surface area contributed by atoms with Crippen LogP contribution in [0.2, 0.25) is 0 Å². The van der Waals surface area contributed by atoms with Gasteiger partial charge in [0.05, 0.1) is 0 Å². The molecule has 0 aromatic carbocycles. The Kier molecular flexibility index (Phi) is 8.64. The Morgan fingerprint density at radius 2 is 1.52 bits per heavy atom. The molecule has 2 fully saturated rings. The highest BCUT2D eigenvalue weighted by atomic mass is 15.2. The zero-order chi connectivity index (χ0) is 20.1. The van der Waals surface area contributed by atoms with Gasteiger partial charge < -0.3 is 14.7 Å². The molecule has 0 N–H and O–H groups in total. The quantitative estimate of drug-likeness (QED) is 0.645. The van der Waals surface area contributed by atoms with Gasteiger partial charge in [-0.1, -0.05) is 47.5 Å². The van der Waals surface area contributed by atoms with Gasteiger partial charge in [0.2, 0.25) is 0 Å². The summed E-state index contributed by atoms with van der Waals surface area (Å²) in [6.07, 6.45) is 8.39. The molecule has 160 valence electrons. The van der Waals surface area contributed by atoms with Crippen LogP contribution in [0.1, 0.15) is 80.1 Å². The van der Waals surface area contributed by atoms with E-state index >= 15 is 0 Å². The van der Waals surface area contributed by atoms with Crippen LogP contribution in [0.3, 0.4) is 0 Å².